The molecule has 0 saturated carbocycles. The summed E-state index contributed by atoms with van der Waals surface area (Å²) in [5.41, 5.74) is 0.476. The summed E-state index contributed by atoms with van der Waals surface area (Å²) < 4.78 is 12.7. The van der Waals surface area contributed by atoms with Crippen molar-refractivity contribution in [3.8, 4) is 0 Å². The van der Waals surface area contributed by atoms with Gasteiger partial charge in [0, 0.05) is 15.3 Å². The van der Waals surface area contributed by atoms with Crippen LogP contribution in [0.5, 0.6) is 0 Å². The Morgan fingerprint density at radius 1 is 1.17 bits per heavy atom. The Kier molecular flexibility index (Phi) is 4.10. The fraction of sp³-hybridized carbons (Fsp3) is 0.214. The molecule has 1 N–H and O–H groups in total. The fourth-order valence-corrected chi connectivity index (χ4v) is 2.48. The van der Waals surface area contributed by atoms with E-state index < -0.39 is 0 Å². The summed E-state index contributed by atoms with van der Waals surface area (Å²) in [6.45, 7) is 2.62. The van der Waals surface area contributed by atoms with E-state index in [1.165, 1.54) is 29.1 Å². The maximum Gasteiger partial charge on any atom is 0.251 e. The third-order valence-corrected chi connectivity index (χ3v) is 3.82. The van der Waals surface area contributed by atoms with Gasteiger partial charge in [0.15, 0.2) is 0 Å². The summed E-state index contributed by atoms with van der Waals surface area (Å²) in [6, 6.07) is 9.64. The van der Waals surface area contributed by atoms with E-state index in [9.17, 15) is 9.18 Å². The van der Waals surface area contributed by atoms with Crippen LogP contribution in [0, 0.1) is 5.82 Å². The average Bonchev–Trinajstić information content (AvgIpc) is 2.85. The van der Waals surface area contributed by atoms with E-state index >= 15 is 0 Å². The normalized spacial score (nSPS) is 10.3. The van der Waals surface area contributed by atoms with Gasteiger partial charge in [-0.3, -0.25) is 4.79 Å². The van der Waals surface area contributed by atoms with Crippen LogP contribution in [0.4, 0.5) is 4.39 Å². The molecule has 0 fully saturated rings. The van der Waals surface area contributed by atoms with Gasteiger partial charge < -0.3 is 5.32 Å². The van der Waals surface area contributed by atoms with E-state index in [0.717, 1.165) is 11.3 Å². The predicted molar refractivity (Wildman–Crippen MR) is 71.3 cm³/mol. The maximum absolute atomic E-state index is 12.7. The monoisotopic (exact) mass is 263 g/mol. The Morgan fingerprint density at radius 2 is 1.83 bits per heavy atom. The summed E-state index contributed by atoms with van der Waals surface area (Å²) in [7, 11) is 0. The Balaban J connectivity index is 1.93. The van der Waals surface area contributed by atoms with E-state index in [2.05, 4.69) is 18.3 Å². The Labute approximate surface area is 109 Å². The molecule has 0 atom stereocenters. The van der Waals surface area contributed by atoms with Gasteiger partial charge in [-0.05, 0) is 42.8 Å². The largest absolute Gasteiger partial charge is 0.347 e. The number of halogens is 1. The van der Waals surface area contributed by atoms with Crippen LogP contribution in [0.1, 0.15) is 27.0 Å². The number of rotatable bonds is 4. The summed E-state index contributed by atoms with van der Waals surface area (Å²) in [5, 5.41) is 2.82. The first-order chi connectivity index (χ1) is 8.69. The lowest BCUT2D eigenvalue weighted by Gasteiger charge is -2.03. The second kappa shape index (κ2) is 5.78. The lowest BCUT2D eigenvalue weighted by Crippen LogP contribution is -2.22. The summed E-state index contributed by atoms with van der Waals surface area (Å²) in [5.74, 6) is -0.515. The van der Waals surface area contributed by atoms with Crippen LogP contribution in [0.2, 0.25) is 0 Å². The molecule has 1 heterocycles. The van der Waals surface area contributed by atoms with Crippen LogP contribution in [0.3, 0.4) is 0 Å². The molecule has 2 nitrogen and oxygen atoms in total. The topological polar surface area (TPSA) is 29.1 Å². The average molecular weight is 263 g/mol. The molecular formula is C14H14FNOS. The standard InChI is InChI=1S/C14H14FNOS/c1-2-12-7-8-13(18-12)9-16-14(17)10-3-5-11(15)6-4-10/h3-8H,2,9H2,1H3,(H,16,17). The third-order valence-electron chi connectivity index (χ3n) is 2.60. The number of hydrogen-bond donors (Lipinski definition) is 1. The highest BCUT2D eigenvalue weighted by molar-refractivity contribution is 7.11. The molecule has 0 spiro atoms. The van der Waals surface area contributed by atoms with Gasteiger partial charge in [-0.2, -0.15) is 0 Å². The first kappa shape index (κ1) is 12.8. The number of carbonyl (C=O) groups is 1. The van der Waals surface area contributed by atoms with E-state index in [1.807, 2.05) is 6.07 Å². The minimum atomic E-state index is -0.336. The van der Waals surface area contributed by atoms with Gasteiger partial charge in [0.1, 0.15) is 5.82 Å². The van der Waals surface area contributed by atoms with Crippen LogP contribution in [0.25, 0.3) is 0 Å². The van der Waals surface area contributed by atoms with Crippen LogP contribution in [0.15, 0.2) is 36.4 Å². The molecule has 0 aliphatic carbocycles. The van der Waals surface area contributed by atoms with Crippen LogP contribution >= 0.6 is 11.3 Å². The van der Waals surface area contributed by atoms with E-state index in [-0.39, 0.29) is 11.7 Å². The number of amides is 1. The van der Waals surface area contributed by atoms with E-state index in [0.29, 0.717) is 12.1 Å². The summed E-state index contributed by atoms with van der Waals surface area (Å²) in [4.78, 5) is 14.2. The molecule has 0 aliphatic rings. The molecule has 2 rings (SSSR count). The highest BCUT2D eigenvalue weighted by Gasteiger charge is 2.06. The highest BCUT2D eigenvalue weighted by Crippen LogP contribution is 2.16. The molecule has 1 aromatic heterocycles. The zero-order valence-electron chi connectivity index (χ0n) is 10.1. The second-order valence-corrected chi connectivity index (χ2v) is 5.16. The Hall–Kier alpha value is -1.68. The minimum Gasteiger partial charge on any atom is -0.347 e. The number of nitrogens with one attached hydrogen (secondary N) is 1. The minimum absolute atomic E-state index is 0.179. The van der Waals surface area contributed by atoms with Crippen molar-refractivity contribution in [2.75, 3.05) is 0 Å². The van der Waals surface area contributed by atoms with Crippen molar-refractivity contribution in [2.24, 2.45) is 0 Å². The van der Waals surface area contributed by atoms with Gasteiger partial charge in [-0.15, -0.1) is 11.3 Å². The molecule has 2 aromatic rings. The van der Waals surface area contributed by atoms with Crippen molar-refractivity contribution >= 4 is 17.2 Å². The first-order valence-corrected chi connectivity index (χ1v) is 6.62. The van der Waals surface area contributed by atoms with E-state index in [4.69, 9.17) is 0 Å². The molecule has 4 heteroatoms. The maximum atomic E-state index is 12.7. The van der Waals surface area contributed by atoms with Gasteiger partial charge in [-0.25, -0.2) is 4.39 Å². The molecule has 0 saturated heterocycles. The van der Waals surface area contributed by atoms with Crippen LogP contribution < -0.4 is 5.32 Å². The quantitative estimate of drug-likeness (QED) is 0.900. The zero-order chi connectivity index (χ0) is 13.0. The number of benzene rings is 1. The smallest absolute Gasteiger partial charge is 0.251 e. The van der Waals surface area contributed by atoms with Gasteiger partial charge in [-0.1, -0.05) is 6.92 Å². The fourth-order valence-electron chi connectivity index (χ4n) is 1.58. The SMILES string of the molecule is CCc1ccc(CNC(=O)c2ccc(F)cc2)s1. The number of hydrogen-bond acceptors (Lipinski definition) is 2. The van der Waals surface area contributed by atoms with Crippen LogP contribution in [-0.4, -0.2) is 5.91 Å². The lowest BCUT2D eigenvalue weighted by molar-refractivity contribution is 0.0951. The Bertz CT molecular complexity index is 533. The molecule has 94 valence electrons. The van der Waals surface area contributed by atoms with Gasteiger partial charge in [0.05, 0.1) is 6.54 Å². The van der Waals surface area contributed by atoms with Crippen LogP contribution in [-0.2, 0) is 13.0 Å². The van der Waals surface area contributed by atoms with Crippen molar-refractivity contribution in [2.45, 2.75) is 19.9 Å². The molecule has 0 aliphatic heterocycles. The van der Waals surface area contributed by atoms with Crippen molar-refractivity contribution in [3.05, 3.63) is 57.5 Å². The van der Waals surface area contributed by atoms with Gasteiger partial charge in [0.2, 0.25) is 0 Å². The molecular weight excluding hydrogens is 249 g/mol. The van der Waals surface area contributed by atoms with Crippen molar-refractivity contribution < 1.29 is 9.18 Å². The number of thiophene rings is 1. The second-order valence-electron chi connectivity index (χ2n) is 3.91. The molecule has 0 bridgehead atoms. The van der Waals surface area contributed by atoms with Crippen molar-refractivity contribution in [1.29, 1.82) is 0 Å². The predicted octanol–water partition coefficient (Wildman–Crippen LogP) is 3.38. The summed E-state index contributed by atoms with van der Waals surface area (Å²) >= 11 is 1.70. The molecule has 0 radical (unpaired) electrons. The highest BCUT2D eigenvalue weighted by atomic mass is 32.1. The zero-order valence-corrected chi connectivity index (χ0v) is 10.9. The molecule has 18 heavy (non-hydrogen) atoms. The third kappa shape index (κ3) is 3.17. The molecule has 1 aromatic carbocycles. The first-order valence-electron chi connectivity index (χ1n) is 5.80. The van der Waals surface area contributed by atoms with Crippen molar-refractivity contribution in [3.63, 3.8) is 0 Å². The summed E-state index contributed by atoms with van der Waals surface area (Å²) in [6.07, 6.45) is 1.01. The Morgan fingerprint density at radius 3 is 2.44 bits per heavy atom. The molecule has 0 unspecified atom stereocenters. The van der Waals surface area contributed by atoms with Crippen molar-refractivity contribution in [1.82, 2.24) is 5.32 Å². The number of aryl methyl sites for hydroxylation is 1. The van der Waals surface area contributed by atoms with Gasteiger partial charge in [0.25, 0.3) is 5.91 Å². The van der Waals surface area contributed by atoms with E-state index in [1.54, 1.807) is 11.3 Å². The lowest BCUT2D eigenvalue weighted by atomic mass is 10.2. The van der Waals surface area contributed by atoms with Gasteiger partial charge >= 0.3 is 0 Å². The molecule has 1 amide bonds. The number of carbonyl (C=O) groups excluding carboxylic acids is 1.